The number of fused-ring (bicyclic) bond motifs is 2. The highest BCUT2D eigenvalue weighted by molar-refractivity contribution is 8.68. The Hall–Kier alpha value is -0.923. The van der Waals surface area contributed by atoms with E-state index in [9.17, 15) is 0 Å². The summed E-state index contributed by atoms with van der Waals surface area (Å²) in [5.41, 5.74) is 5.03. The average Bonchev–Trinajstić information content (AvgIpc) is 3.48. The van der Waals surface area contributed by atoms with Gasteiger partial charge in [0.05, 0.1) is 19.0 Å². The number of hydrogen-bond donors (Lipinski definition) is 1. The third-order valence-corrected chi connectivity index (χ3v) is 19.3. The van der Waals surface area contributed by atoms with Crippen LogP contribution in [0.4, 0.5) is 10.2 Å². The van der Waals surface area contributed by atoms with E-state index in [0.29, 0.717) is 17.1 Å². The summed E-state index contributed by atoms with van der Waals surface area (Å²) in [6.07, 6.45) is 1.30. The molecule has 2 saturated heterocycles. The summed E-state index contributed by atoms with van der Waals surface area (Å²) >= 11 is 7.62. The van der Waals surface area contributed by atoms with E-state index in [1.807, 2.05) is 0 Å². The topological polar surface area (TPSA) is 107 Å². The Morgan fingerprint density at radius 1 is 1.38 bits per heavy atom. The molecule has 8 atom stereocenters. The fourth-order valence-electron chi connectivity index (χ4n) is 5.32. The molecular formula is C26H41FN5O4PS2Si. The number of nitrogen functional groups attached to an aromatic ring is 1. The number of rotatable bonds is 7. The van der Waals surface area contributed by atoms with Crippen molar-refractivity contribution in [2.24, 2.45) is 5.92 Å². The van der Waals surface area contributed by atoms with Gasteiger partial charge in [0.25, 0.3) is 0 Å². The molecule has 0 aromatic carbocycles. The van der Waals surface area contributed by atoms with Crippen LogP contribution in [0.25, 0.3) is 11.2 Å². The van der Waals surface area contributed by atoms with Gasteiger partial charge in [-0.1, -0.05) is 44.3 Å². The first-order valence-electron chi connectivity index (χ1n) is 13.7. The summed E-state index contributed by atoms with van der Waals surface area (Å²) < 4.78 is 43.8. The molecule has 1 saturated carbocycles. The zero-order valence-corrected chi connectivity index (χ0v) is 27.8. The Bertz CT molecular complexity index is 1340. The molecule has 2 aliphatic heterocycles. The molecule has 222 valence electrons. The van der Waals surface area contributed by atoms with Crippen LogP contribution in [0.2, 0.25) is 18.1 Å². The maximum absolute atomic E-state index is 16.5. The van der Waals surface area contributed by atoms with E-state index >= 15 is 4.39 Å². The predicted molar refractivity (Wildman–Crippen MR) is 164 cm³/mol. The van der Waals surface area contributed by atoms with Crippen LogP contribution in [-0.4, -0.2) is 63.7 Å². The minimum Gasteiger partial charge on any atom is -0.414 e. The summed E-state index contributed by atoms with van der Waals surface area (Å²) in [6, 6.07) is 0. The van der Waals surface area contributed by atoms with Crippen molar-refractivity contribution in [3.05, 3.63) is 24.8 Å². The van der Waals surface area contributed by atoms with Gasteiger partial charge in [0.1, 0.15) is 24.1 Å². The van der Waals surface area contributed by atoms with E-state index in [0.717, 1.165) is 24.8 Å². The standard InChI is InChI=1S/C26H41FN5O4PS2Si/c1-15(2)16-9-10-26(6)18(11-16)35-37(38,39-26)36-21-17(12-33-40(7,8)25(3,4)5)34-24(19(21)27)32-14-31-20-22(28)29-13-30-23(20)32/h13-14,16-19,21,24H,1,9-12H2,2-8H3,(H2,28,29,30)/t16-,17-,18+,19-,21-,24-,26+,37?/m1/s1. The molecule has 2 aromatic rings. The SMILES string of the molecule is C=C(C)[C@@H]1CC[C@]2(C)SP(=S)(O[C@H]3[C@@H](F)[C@H](n4cnc5c(N)ncnc54)O[C@@H]3CO[Si](C)(C)C(C)(C)C)O[C@H]2C1. The largest absolute Gasteiger partial charge is 0.414 e. The Labute approximate surface area is 246 Å². The van der Waals surface area contributed by atoms with Gasteiger partial charge in [0.15, 0.2) is 32.2 Å². The van der Waals surface area contributed by atoms with Crippen LogP contribution >= 0.6 is 17.1 Å². The van der Waals surface area contributed by atoms with Gasteiger partial charge in [-0.15, -0.1) is 0 Å². The first-order valence-corrected chi connectivity index (χ1v) is 20.7. The number of anilines is 1. The molecule has 40 heavy (non-hydrogen) atoms. The summed E-state index contributed by atoms with van der Waals surface area (Å²) in [6.45, 7) is 19.4. The van der Waals surface area contributed by atoms with Crippen LogP contribution in [0, 0.1) is 5.92 Å². The summed E-state index contributed by atoms with van der Waals surface area (Å²) in [5, 5.41) is -0.0216. The van der Waals surface area contributed by atoms with Crippen LogP contribution < -0.4 is 5.73 Å². The van der Waals surface area contributed by atoms with Crippen LogP contribution in [0.3, 0.4) is 0 Å². The molecule has 4 heterocycles. The minimum absolute atomic E-state index is 0.0216. The second-order valence-electron chi connectivity index (χ2n) is 13.0. The third kappa shape index (κ3) is 5.57. The number of nitrogens with zero attached hydrogens (tertiary/aromatic N) is 4. The number of alkyl halides is 1. The molecule has 3 aliphatic rings. The highest BCUT2D eigenvalue weighted by Gasteiger charge is 2.57. The Morgan fingerprint density at radius 2 is 2.10 bits per heavy atom. The molecule has 0 amide bonds. The number of ether oxygens (including phenoxy) is 1. The zero-order chi connectivity index (χ0) is 29.3. The fourth-order valence-corrected chi connectivity index (χ4v) is 13.9. The summed E-state index contributed by atoms with van der Waals surface area (Å²) in [5.74, 6) is 0.612. The second-order valence-corrected chi connectivity index (χ2v) is 24.4. The quantitative estimate of drug-likeness (QED) is 0.206. The van der Waals surface area contributed by atoms with Crippen molar-refractivity contribution in [1.82, 2.24) is 19.5 Å². The van der Waals surface area contributed by atoms with E-state index < -0.39 is 38.6 Å². The third-order valence-electron chi connectivity index (χ3n) is 9.04. The lowest BCUT2D eigenvalue weighted by Gasteiger charge is -2.37. The number of halogens is 1. The van der Waals surface area contributed by atoms with Gasteiger partial charge in [-0.3, -0.25) is 4.57 Å². The molecule has 9 nitrogen and oxygen atoms in total. The van der Waals surface area contributed by atoms with Crippen molar-refractivity contribution in [2.75, 3.05) is 12.3 Å². The predicted octanol–water partition coefficient (Wildman–Crippen LogP) is 6.54. The van der Waals surface area contributed by atoms with E-state index in [2.05, 4.69) is 69.2 Å². The molecule has 14 heteroatoms. The average molecular weight is 630 g/mol. The van der Waals surface area contributed by atoms with Gasteiger partial charge in [0.2, 0.25) is 5.69 Å². The molecule has 1 unspecified atom stereocenters. The van der Waals surface area contributed by atoms with E-state index in [1.54, 1.807) is 15.9 Å². The van der Waals surface area contributed by atoms with Gasteiger partial charge < -0.3 is 23.9 Å². The van der Waals surface area contributed by atoms with Crippen LogP contribution in [-0.2, 0) is 30.0 Å². The molecular weight excluding hydrogens is 589 g/mol. The van der Waals surface area contributed by atoms with Gasteiger partial charge in [-0.25, -0.2) is 19.3 Å². The lowest BCUT2D eigenvalue weighted by atomic mass is 9.77. The Balaban J connectivity index is 1.42. The maximum Gasteiger partial charge on any atom is 0.248 e. The van der Waals surface area contributed by atoms with Gasteiger partial charge in [0, 0.05) is 4.75 Å². The van der Waals surface area contributed by atoms with E-state index in [4.69, 9.17) is 35.8 Å². The lowest BCUT2D eigenvalue weighted by Crippen LogP contribution is -2.44. The van der Waals surface area contributed by atoms with E-state index in [1.165, 1.54) is 12.7 Å². The summed E-state index contributed by atoms with van der Waals surface area (Å²) in [7, 11) is -2.16. The number of imidazole rings is 1. The Kier molecular flexibility index (Phi) is 8.14. The lowest BCUT2D eigenvalue weighted by molar-refractivity contribution is -0.0413. The van der Waals surface area contributed by atoms with Gasteiger partial charge in [-0.05, 0) is 69.0 Å². The number of allylic oxidation sites excluding steroid dienone is 1. The van der Waals surface area contributed by atoms with Crippen molar-refractivity contribution in [1.29, 1.82) is 0 Å². The molecule has 2 N–H and O–H groups in total. The molecule has 0 spiro atoms. The Morgan fingerprint density at radius 3 is 2.77 bits per heavy atom. The van der Waals surface area contributed by atoms with Crippen molar-refractivity contribution in [3.8, 4) is 0 Å². The smallest absolute Gasteiger partial charge is 0.248 e. The monoisotopic (exact) mass is 629 g/mol. The normalized spacial score (nSPS) is 36.7. The first-order chi connectivity index (χ1) is 18.5. The van der Waals surface area contributed by atoms with Crippen LogP contribution in [0.1, 0.15) is 60.1 Å². The van der Waals surface area contributed by atoms with Crippen molar-refractivity contribution >= 4 is 54.2 Å². The van der Waals surface area contributed by atoms with Gasteiger partial charge >= 0.3 is 0 Å². The fraction of sp³-hybridized carbons (Fsp3) is 0.731. The summed E-state index contributed by atoms with van der Waals surface area (Å²) in [4.78, 5) is 12.6. The van der Waals surface area contributed by atoms with E-state index in [-0.39, 0.29) is 28.3 Å². The van der Waals surface area contributed by atoms with Crippen LogP contribution in [0.15, 0.2) is 24.8 Å². The number of nitrogens with two attached hydrogens (primary N) is 1. The van der Waals surface area contributed by atoms with Crippen molar-refractivity contribution < 1.29 is 22.6 Å². The number of aromatic nitrogens is 4. The highest BCUT2D eigenvalue weighted by atomic mass is 32.9. The first kappa shape index (κ1) is 30.5. The minimum atomic E-state index is -2.89. The molecule has 1 aliphatic carbocycles. The molecule has 0 radical (unpaired) electrons. The van der Waals surface area contributed by atoms with Crippen molar-refractivity contribution in [2.45, 2.75) is 107 Å². The molecule has 5 rings (SSSR count). The zero-order valence-electron chi connectivity index (χ0n) is 24.3. The maximum atomic E-state index is 16.5. The van der Waals surface area contributed by atoms with Crippen molar-refractivity contribution in [3.63, 3.8) is 0 Å². The van der Waals surface area contributed by atoms with Gasteiger partial charge in [-0.2, -0.15) is 0 Å². The number of hydrogen-bond acceptors (Lipinski definition) is 10. The highest BCUT2D eigenvalue weighted by Crippen LogP contribution is 2.76. The van der Waals surface area contributed by atoms with Crippen LogP contribution in [0.5, 0.6) is 0 Å². The molecule has 2 aromatic heterocycles. The second kappa shape index (κ2) is 10.7. The molecule has 0 bridgehead atoms. The molecule has 3 fully saturated rings.